The molecule has 98 valence electrons. The van der Waals surface area contributed by atoms with Gasteiger partial charge in [0.25, 0.3) is 6.47 Å². The fraction of sp³-hybridized carbons (Fsp3) is 0.545. The first kappa shape index (κ1) is 12.8. The highest BCUT2D eigenvalue weighted by Gasteiger charge is 2.30. The van der Waals surface area contributed by atoms with Gasteiger partial charge in [-0.2, -0.15) is 0 Å². The SMILES string of the molecule is CCCCC(OC=O)C1=NC2NC(=S)NC=C2N1. The lowest BCUT2D eigenvalue weighted by molar-refractivity contribution is -0.131. The third-order valence-electron chi connectivity index (χ3n) is 2.81. The highest BCUT2D eigenvalue weighted by atomic mass is 32.1. The second-order valence-corrected chi connectivity index (χ2v) is 4.53. The molecule has 18 heavy (non-hydrogen) atoms. The number of aliphatic imine (C=N–C) groups is 1. The quantitative estimate of drug-likeness (QED) is 0.477. The molecule has 2 aliphatic rings. The summed E-state index contributed by atoms with van der Waals surface area (Å²) in [6, 6.07) is 0. The predicted molar refractivity (Wildman–Crippen MR) is 71.8 cm³/mol. The topological polar surface area (TPSA) is 74.8 Å². The molecule has 0 amide bonds. The summed E-state index contributed by atoms with van der Waals surface area (Å²) in [6.07, 6.45) is 4.05. The lowest BCUT2D eigenvalue weighted by Crippen LogP contribution is -2.45. The van der Waals surface area contributed by atoms with Gasteiger partial charge in [0.05, 0.1) is 5.70 Å². The Hall–Kier alpha value is -1.63. The van der Waals surface area contributed by atoms with Crippen molar-refractivity contribution in [3.05, 3.63) is 11.9 Å². The highest BCUT2D eigenvalue weighted by Crippen LogP contribution is 2.16. The summed E-state index contributed by atoms with van der Waals surface area (Å²) in [5.41, 5.74) is 0.884. The van der Waals surface area contributed by atoms with Crippen molar-refractivity contribution < 1.29 is 9.53 Å². The number of carbonyl (C=O) groups excluding carboxylic acids is 1. The number of nitrogens with zero attached hydrogens (tertiary/aromatic N) is 1. The molecule has 0 aromatic carbocycles. The van der Waals surface area contributed by atoms with Crippen LogP contribution in [0, 0.1) is 0 Å². The maximum Gasteiger partial charge on any atom is 0.293 e. The van der Waals surface area contributed by atoms with Gasteiger partial charge in [-0.25, -0.2) is 4.99 Å². The molecule has 0 fully saturated rings. The van der Waals surface area contributed by atoms with Crippen molar-refractivity contribution in [2.24, 2.45) is 4.99 Å². The number of nitrogens with one attached hydrogen (secondary N) is 3. The minimum Gasteiger partial charge on any atom is -0.456 e. The van der Waals surface area contributed by atoms with E-state index in [-0.39, 0.29) is 12.3 Å². The Morgan fingerprint density at radius 1 is 1.67 bits per heavy atom. The zero-order chi connectivity index (χ0) is 13.0. The first-order chi connectivity index (χ1) is 8.74. The van der Waals surface area contributed by atoms with E-state index in [2.05, 4.69) is 27.9 Å². The molecule has 7 heteroatoms. The molecular weight excluding hydrogens is 252 g/mol. The first-order valence-corrected chi connectivity index (χ1v) is 6.36. The van der Waals surface area contributed by atoms with Crippen molar-refractivity contribution in [1.82, 2.24) is 16.0 Å². The molecule has 0 aliphatic carbocycles. The van der Waals surface area contributed by atoms with Gasteiger partial charge in [0.1, 0.15) is 5.84 Å². The van der Waals surface area contributed by atoms with E-state index in [1.807, 2.05) is 0 Å². The number of unbranched alkanes of at least 4 members (excludes halogenated alkanes) is 1. The summed E-state index contributed by atoms with van der Waals surface area (Å²) < 4.78 is 5.08. The van der Waals surface area contributed by atoms with Crippen molar-refractivity contribution in [2.45, 2.75) is 38.5 Å². The molecular formula is C11H16N4O2S. The van der Waals surface area contributed by atoms with Gasteiger partial charge in [0, 0.05) is 6.20 Å². The third kappa shape index (κ3) is 2.79. The molecule has 2 unspecified atom stereocenters. The molecule has 0 aromatic rings. The van der Waals surface area contributed by atoms with Gasteiger partial charge in [-0.3, -0.25) is 4.79 Å². The van der Waals surface area contributed by atoms with E-state index in [9.17, 15) is 4.79 Å². The van der Waals surface area contributed by atoms with Gasteiger partial charge in [-0.1, -0.05) is 13.3 Å². The number of ether oxygens (including phenoxy) is 1. The highest BCUT2D eigenvalue weighted by molar-refractivity contribution is 7.80. The lowest BCUT2D eigenvalue weighted by Gasteiger charge is -2.19. The van der Waals surface area contributed by atoms with Crippen LogP contribution < -0.4 is 16.0 Å². The molecule has 6 nitrogen and oxygen atoms in total. The van der Waals surface area contributed by atoms with Crippen LogP contribution in [-0.2, 0) is 9.53 Å². The Balaban J connectivity index is 2.05. The molecule has 0 aromatic heterocycles. The van der Waals surface area contributed by atoms with Gasteiger partial charge < -0.3 is 20.7 Å². The van der Waals surface area contributed by atoms with E-state index in [0.717, 1.165) is 25.0 Å². The number of amidine groups is 1. The fourth-order valence-electron chi connectivity index (χ4n) is 1.88. The van der Waals surface area contributed by atoms with Gasteiger partial charge in [-0.15, -0.1) is 0 Å². The zero-order valence-corrected chi connectivity index (χ0v) is 10.9. The first-order valence-electron chi connectivity index (χ1n) is 5.95. The van der Waals surface area contributed by atoms with Crippen molar-refractivity contribution >= 4 is 29.6 Å². The minimum atomic E-state index is -0.315. The lowest BCUT2D eigenvalue weighted by atomic mass is 10.1. The largest absolute Gasteiger partial charge is 0.456 e. The van der Waals surface area contributed by atoms with Crippen molar-refractivity contribution in [3.8, 4) is 0 Å². The molecule has 3 N–H and O–H groups in total. The Kier molecular flexibility index (Phi) is 4.14. The normalized spacial score (nSPS) is 22.7. The van der Waals surface area contributed by atoms with Crippen LogP contribution in [0.3, 0.4) is 0 Å². The number of carbonyl (C=O) groups is 1. The number of fused-ring (bicyclic) bond motifs is 1. The maximum atomic E-state index is 10.5. The van der Waals surface area contributed by atoms with E-state index in [1.54, 1.807) is 6.20 Å². The fourth-order valence-corrected chi connectivity index (χ4v) is 2.05. The molecule has 2 atom stereocenters. The summed E-state index contributed by atoms with van der Waals surface area (Å²) in [5.74, 6) is 0.672. The van der Waals surface area contributed by atoms with E-state index in [4.69, 9.17) is 17.0 Å². The molecule has 0 saturated carbocycles. The second-order valence-electron chi connectivity index (χ2n) is 4.12. The predicted octanol–water partition coefficient (Wildman–Crippen LogP) is 0.365. The average Bonchev–Trinajstić information content (AvgIpc) is 2.77. The minimum absolute atomic E-state index is 0.201. The van der Waals surface area contributed by atoms with E-state index < -0.39 is 0 Å². The third-order valence-corrected chi connectivity index (χ3v) is 3.04. The number of hydrogen-bond acceptors (Lipinski definition) is 5. The number of thiocarbonyl (C=S) groups is 1. The molecule has 0 bridgehead atoms. The standard InChI is InChI=1S/C11H16N4O2S/c1-2-3-4-8(17-6-16)10-13-7-5-12-11(18)15-9(7)14-10/h5-6,8-9H,2-4H2,1H3,(H,13,14)(H2,12,15,18). The monoisotopic (exact) mass is 268 g/mol. The van der Waals surface area contributed by atoms with Crippen LogP contribution >= 0.6 is 12.2 Å². The maximum absolute atomic E-state index is 10.5. The smallest absolute Gasteiger partial charge is 0.293 e. The summed E-state index contributed by atoms with van der Waals surface area (Å²) >= 11 is 5.00. The average molecular weight is 268 g/mol. The van der Waals surface area contributed by atoms with Gasteiger partial charge >= 0.3 is 0 Å². The van der Waals surface area contributed by atoms with Crippen molar-refractivity contribution in [3.63, 3.8) is 0 Å². The molecule has 0 spiro atoms. The summed E-state index contributed by atoms with van der Waals surface area (Å²) in [7, 11) is 0. The summed E-state index contributed by atoms with van der Waals surface area (Å²) in [5, 5.41) is 9.61. The number of rotatable bonds is 6. The van der Waals surface area contributed by atoms with Crippen LogP contribution in [-0.4, -0.2) is 29.7 Å². The van der Waals surface area contributed by atoms with Crippen molar-refractivity contribution in [1.29, 1.82) is 0 Å². The Bertz CT molecular complexity index is 408. The molecule has 2 heterocycles. The van der Waals surface area contributed by atoms with Crippen LogP contribution in [0.2, 0.25) is 0 Å². The van der Waals surface area contributed by atoms with E-state index in [1.165, 1.54) is 0 Å². The Labute approximate surface area is 111 Å². The zero-order valence-electron chi connectivity index (χ0n) is 10.1. The van der Waals surface area contributed by atoms with Gasteiger partial charge in [0.15, 0.2) is 17.4 Å². The van der Waals surface area contributed by atoms with Crippen molar-refractivity contribution in [2.75, 3.05) is 0 Å². The van der Waals surface area contributed by atoms with Crippen LogP contribution in [0.15, 0.2) is 16.9 Å². The van der Waals surface area contributed by atoms with Crippen LogP contribution in [0.5, 0.6) is 0 Å². The number of hydrogen-bond donors (Lipinski definition) is 3. The van der Waals surface area contributed by atoms with Crippen LogP contribution in [0.4, 0.5) is 0 Å². The van der Waals surface area contributed by atoms with Crippen LogP contribution in [0.25, 0.3) is 0 Å². The Morgan fingerprint density at radius 2 is 2.50 bits per heavy atom. The van der Waals surface area contributed by atoms with E-state index >= 15 is 0 Å². The van der Waals surface area contributed by atoms with Gasteiger partial charge in [0.2, 0.25) is 0 Å². The summed E-state index contributed by atoms with van der Waals surface area (Å²) in [6.45, 7) is 2.56. The summed E-state index contributed by atoms with van der Waals surface area (Å²) in [4.78, 5) is 15.0. The molecule has 0 saturated heterocycles. The molecule has 2 aliphatic heterocycles. The van der Waals surface area contributed by atoms with Gasteiger partial charge in [-0.05, 0) is 25.1 Å². The molecule has 2 rings (SSSR count). The van der Waals surface area contributed by atoms with Crippen LogP contribution in [0.1, 0.15) is 26.2 Å². The Morgan fingerprint density at radius 3 is 3.22 bits per heavy atom. The molecule has 0 radical (unpaired) electrons. The van der Waals surface area contributed by atoms with E-state index in [0.29, 0.717) is 17.4 Å². The second kappa shape index (κ2) is 5.81.